The summed E-state index contributed by atoms with van der Waals surface area (Å²) in [6.45, 7) is 6.54. The zero-order valence-corrected chi connectivity index (χ0v) is 6.98. The molecule has 62 valence electrons. The second-order valence-corrected chi connectivity index (χ2v) is 3.16. The summed E-state index contributed by atoms with van der Waals surface area (Å²) in [5.41, 5.74) is 10.9. The molecule has 0 atom stereocenters. The predicted molar refractivity (Wildman–Crippen MR) is 44.8 cm³/mol. The van der Waals surface area contributed by atoms with E-state index in [1.807, 2.05) is 0 Å². The highest BCUT2D eigenvalue weighted by atomic mass is 15.0. The Morgan fingerprint density at radius 1 is 1.30 bits per heavy atom. The van der Waals surface area contributed by atoms with Gasteiger partial charge in [0.25, 0.3) is 0 Å². The molecule has 0 saturated heterocycles. The van der Waals surface area contributed by atoms with Gasteiger partial charge in [0.2, 0.25) is 0 Å². The number of hydrogen-bond donors (Lipinski definition) is 3. The molecule has 0 unspecified atom stereocenters. The molecule has 0 bridgehead atoms. The van der Waals surface area contributed by atoms with Crippen LogP contribution in [0.15, 0.2) is 0 Å². The third kappa shape index (κ3) is 4.73. The summed E-state index contributed by atoms with van der Waals surface area (Å²) in [7, 11) is 0. The molecule has 0 aliphatic rings. The molecular formula is C7H19N3. The van der Waals surface area contributed by atoms with Crippen LogP contribution < -0.4 is 16.8 Å². The van der Waals surface area contributed by atoms with E-state index in [0.29, 0.717) is 6.54 Å². The number of nitrogens with two attached hydrogens (primary N) is 2. The van der Waals surface area contributed by atoms with Crippen molar-refractivity contribution in [2.45, 2.75) is 25.8 Å². The minimum atomic E-state index is 0.0647. The van der Waals surface area contributed by atoms with Gasteiger partial charge in [0.1, 0.15) is 0 Å². The maximum absolute atomic E-state index is 5.49. The third-order valence-electron chi connectivity index (χ3n) is 1.49. The second kappa shape index (κ2) is 4.66. The first kappa shape index (κ1) is 9.88. The minimum absolute atomic E-state index is 0.0647. The zero-order chi connectivity index (χ0) is 8.04. The van der Waals surface area contributed by atoms with Crippen LogP contribution in [0.3, 0.4) is 0 Å². The van der Waals surface area contributed by atoms with Gasteiger partial charge in [-0.1, -0.05) is 0 Å². The monoisotopic (exact) mass is 145 g/mol. The Balaban J connectivity index is 3.28. The van der Waals surface area contributed by atoms with Crippen molar-refractivity contribution in [3.63, 3.8) is 0 Å². The number of rotatable bonds is 5. The van der Waals surface area contributed by atoms with Crippen molar-refractivity contribution in [3.8, 4) is 0 Å². The quantitative estimate of drug-likeness (QED) is 0.464. The molecule has 0 fully saturated rings. The summed E-state index contributed by atoms with van der Waals surface area (Å²) in [5.74, 6) is 0. The van der Waals surface area contributed by atoms with E-state index in [1.54, 1.807) is 0 Å². The lowest BCUT2D eigenvalue weighted by Gasteiger charge is -2.23. The molecular weight excluding hydrogens is 126 g/mol. The van der Waals surface area contributed by atoms with Crippen LogP contribution in [0, 0.1) is 0 Å². The van der Waals surface area contributed by atoms with E-state index in [0.717, 1.165) is 19.5 Å². The fraction of sp³-hybridized carbons (Fsp3) is 1.00. The van der Waals surface area contributed by atoms with E-state index in [2.05, 4.69) is 19.2 Å². The van der Waals surface area contributed by atoms with E-state index < -0.39 is 0 Å². The lowest BCUT2D eigenvalue weighted by Crippen LogP contribution is -2.46. The molecule has 0 aromatic heterocycles. The summed E-state index contributed by atoms with van der Waals surface area (Å²) >= 11 is 0. The molecule has 0 aromatic carbocycles. The molecule has 10 heavy (non-hydrogen) atoms. The molecule has 0 heterocycles. The molecule has 0 aliphatic carbocycles. The average molecular weight is 145 g/mol. The van der Waals surface area contributed by atoms with Gasteiger partial charge in [0.05, 0.1) is 0 Å². The average Bonchev–Trinajstić information content (AvgIpc) is 1.89. The SMILES string of the molecule is CC(C)(CN)NCCCN. The first-order valence-electron chi connectivity index (χ1n) is 3.77. The van der Waals surface area contributed by atoms with E-state index in [4.69, 9.17) is 11.5 Å². The Kier molecular flexibility index (Phi) is 4.60. The summed E-state index contributed by atoms with van der Waals surface area (Å²) in [6, 6.07) is 0. The Hall–Kier alpha value is -0.120. The maximum Gasteiger partial charge on any atom is 0.0247 e. The fourth-order valence-corrected chi connectivity index (χ4v) is 0.601. The van der Waals surface area contributed by atoms with Crippen LogP contribution in [0.2, 0.25) is 0 Å². The normalized spacial score (nSPS) is 12.0. The highest BCUT2D eigenvalue weighted by Crippen LogP contribution is 1.96. The molecule has 0 aromatic rings. The van der Waals surface area contributed by atoms with Gasteiger partial charge < -0.3 is 16.8 Å². The topological polar surface area (TPSA) is 64.1 Å². The zero-order valence-electron chi connectivity index (χ0n) is 6.98. The molecule has 0 saturated carbocycles. The van der Waals surface area contributed by atoms with Gasteiger partial charge in [0, 0.05) is 12.1 Å². The van der Waals surface area contributed by atoms with Crippen LogP contribution in [-0.4, -0.2) is 25.2 Å². The largest absolute Gasteiger partial charge is 0.330 e. The second-order valence-electron chi connectivity index (χ2n) is 3.16. The summed E-state index contributed by atoms with van der Waals surface area (Å²) in [4.78, 5) is 0. The lowest BCUT2D eigenvalue weighted by molar-refractivity contribution is 0.397. The molecule has 0 aliphatic heterocycles. The van der Waals surface area contributed by atoms with E-state index in [9.17, 15) is 0 Å². The smallest absolute Gasteiger partial charge is 0.0247 e. The van der Waals surface area contributed by atoms with Crippen molar-refractivity contribution < 1.29 is 0 Å². The lowest BCUT2D eigenvalue weighted by atomic mass is 10.1. The number of nitrogens with one attached hydrogen (secondary N) is 1. The van der Waals surface area contributed by atoms with Crippen molar-refractivity contribution in [1.82, 2.24) is 5.32 Å². The van der Waals surface area contributed by atoms with Crippen molar-refractivity contribution in [1.29, 1.82) is 0 Å². The summed E-state index contributed by atoms with van der Waals surface area (Å²) in [6.07, 6.45) is 1.02. The standard InChI is InChI=1S/C7H19N3/c1-7(2,6-9)10-5-3-4-8/h10H,3-6,8-9H2,1-2H3. The van der Waals surface area contributed by atoms with Gasteiger partial charge in [-0.15, -0.1) is 0 Å². The Bertz CT molecular complexity index is 80.9. The van der Waals surface area contributed by atoms with Gasteiger partial charge in [-0.2, -0.15) is 0 Å². The Morgan fingerprint density at radius 2 is 1.90 bits per heavy atom. The minimum Gasteiger partial charge on any atom is -0.330 e. The fourth-order valence-electron chi connectivity index (χ4n) is 0.601. The first-order valence-corrected chi connectivity index (χ1v) is 3.77. The van der Waals surface area contributed by atoms with Crippen molar-refractivity contribution in [2.24, 2.45) is 11.5 Å². The molecule has 3 heteroatoms. The number of hydrogen-bond acceptors (Lipinski definition) is 3. The van der Waals surface area contributed by atoms with Crippen molar-refractivity contribution in [3.05, 3.63) is 0 Å². The Labute approximate surface area is 63.2 Å². The molecule has 3 nitrogen and oxygen atoms in total. The summed E-state index contributed by atoms with van der Waals surface area (Å²) < 4.78 is 0. The van der Waals surface area contributed by atoms with Crippen molar-refractivity contribution in [2.75, 3.05) is 19.6 Å². The van der Waals surface area contributed by atoms with Crippen LogP contribution in [0.5, 0.6) is 0 Å². The van der Waals surface area contributed by atoms with Crippen molar-refractivity contribution >= 4 is 0 Å². The summed E-state index contributed by atoms with van der Waals surface area (Å²) in [5, 5.41) is 3.30. The molecule has 5 N–H and O–H groups in total. The van der Waals surface area contributed by atoms with Gasteiger partial charge in [-0.25, -0.2) is 0 Å². The molecule has 0 amide bonds. The van der Waals surface area contributed by atoms with Gasteiger partial charge in [-0.05, 0) is 33.4 Å². The van der Waals surface area contributed by atoms with Gasteiger partial charge in [0.15, 0.2) is 0 Å². The first-order chi connectivity index (χ1) is 4.62. The van der Waals surface area contributed by atoms with E-state index in [1.165, 1.54) is 0 Å². The van der Waals surface area contributed by atoms with Gasteiger partial charge >= 0.3 is 0 Å². The Morgan fingerprint density at radius 3 is 2.30 bits per heavy atom. The maximum atomic E-state index is 5.49. The highest BCUT2D eigenvalue weighted by Gasteiger charge is 2.12. The molecule has 0 spiro atoms. The van der Waals surface area contributed by atoms with Crippen LogP contribution in [0.4, 0.5) is 0 Å². The molecule has 0 radical (unpaired) electrons. The van der Waals surface area contributed by atoms with E-state index >= 15 is 0 Å². The van der Waals surface area contributed by atoms with E-state index in [-0.39, 0.29) is 5.54 Å². The van der Waals surface area contributed by atoms with Crippen LogP contribution in [0.1, 0.15) is 20.3 Å². The predicted octanol–water partition coefficient (Wildman–Crippen LogP) is -0.338. The highest BCUT2D eigenvalue weighted by molar-refractivity contribution is 4.77. The third-order valence-corrected chi connectivity index (χ3v) is 1.49. The van der Waals surface area contributed by atoms with Crippen LogP contribution in [0.25, 0.3) is 0 Å². The van der Waals surface area contributed by atoms with Crippen LogP contribution >= 0.6 is 0 Å². The molecule has 0 rings (SSSR count). The van der Waals surface area contributed by atoms with Gasteiger partial charge in [-0.3, -0.25) is 0 Å². The van der Waals surface area contributed by atoms with Crippen LogP contribution in [-0.2, 0) is 0 Å².